The van der Waals surface area contributed by atoms with Gasteiger partial charge in [-0.2, -0.15) is 0 Å². The molecule has 0 aromatic carbocycles. The highest BCUT2D eigenvalue weighted by atomic mass is 16.3. The summed E-state index contributed by atoms with van der Waals surface area (Å²) in [5, 5.41) is 16.0. The quantitative estimate of drug-likeness (QED) is 0.427. The summed E-state index contributed by atoms with van der Waals surface area (Å²) in [6.45, 7) is 2.89. The molecule has 0 saturated carbocycles. The molecule has 76 valence electrons. The lowest BCUT2D eigenvalue weighted by Gasteiger charge is -2.31. The van der Waals surface area contributed by atoms with E-state index in [2.05, 4.69) is 4.90 Å². The van der Waals surface area contributed by atoms with Gasteiger partial charge in [0.25, 0.3) is 0 Å². The van der Waals surface area contributed by atoms with Gasteiger partial charge in [-0.05, 0) is 31.7 Å². The van der Waals surface area contributed by atoms with E-state index in [1.807, 2.05) is 0 Å². The lowest BCUT2D eigenvalue weighted by molar-refractivity contribution is 0.162. The molecule has 1 aliphatic rings. The summed E-state index contributed by atoms with van der Waals surface area (Å²) in [6.07, 6.45) is 3.25. The van der Waals surface area contributed by atoms with E-state index in [0.717, 1.165) is 25.9 Å². The van der Waals surface area contributed by atoms with Crippen molar-refractivity contribution >= 4 is 5.84 Å². The van der Waals surface area contributed by atoms with E-state index in [-0.39, 0.29) is 12.4 Å². The van der Waals surface area contributed by atoms with Gasteiger partial charge in [0.05, 0.1) is 6.54 Å². The van der Waals surface area contributed by atoms with Gasteiger partial charge in [-0.3, -0.25) is 10.3 Å². The van der Waals surface area contributed by atoms with Crippen molar-refractivity contribution < 1.29 is 5.11 Å². The van der Waals surface area contributed by atoms with E-state index in [4.69, 9.17) is 16.2 Å². The Bertz CT molecular complexity index is 170. The van der Waals surface area contributed by atoms with Crippen LogP contribution in [0.1, 0.15) is 19.3 Å². The molecular formula is C9H19N3O. The van der Waals surface area contributed by atoms with Gasteiger partial charge in [0, 0.05) is 13.2 Å². The number of amidine groups is 1. The Labute approximate surface area is 79.2 Å². The number of piperidine rings is 1. The third-order valence-electron chi connectivity index (χ3n) is 2.53. The molecular weight excluding hydrogens is 166 g/mol. The van der Waals surface area contributed by atoms with Crippen molar-refractivity contribution in [2.75, 3.05) is 26.2 Å². The molecule has 1 rings (SSSR count). The Morgan fingerprint density at radius 1 is 1.62 bits per heavy atom. The maximum absolute atomic E-state index is 8.80. The first kappa shape index (κ1) is 10.5. The van der Waals surface area contributed by atoms with E-state index in [1.165, 1.54) is 6.42 Å². The molecule has 13 heavy (non-hydrogen) atoms. The highest BCUT2D eigenvalue weighted by Crippen LogP contribution is 2.18. The summed E-state index contributed by atoms with van der Waals surface area (Å²) in [6, 6.07) is 0. The first-order valence-electron chi connectivity index (χ1n) is 4.88. The molecule has 4 N–H and O–H groups in total. The van der Waals surface area contributed by atoms with Crippen molar-refractivity contribution in [2.45, 2.75) is 19.3 Å². The maximum atomic E-state index is 8.80. The number of nitrogens with two attached hydrogens (primary N) is 1. The largest absolute Gasteiger partial charge is 0.396 e. The van der Waals surface area contributed by atoms with Crippen LogP contribution in [0.15, 0.2) is 0 Å². The SMILES string of the molecule is N=C(N)CN1CCCC(CCO)C1. The Balaban J connectivity index is 2.28. The van der Waals surface area contributed by atoms with E-state index in [1.54, 1.807) is 0 Å². The van der Waals surface area contributed by atoms with E-state index in [9.17, 15) is 0 Å². The van der Waals surface area contributed by atoms with Crippen LogP contribution >= 0.6 is 0 Å². The highest BCUT2D eigenvalue weighted by Gasteiger charge is 2.19. The molecule has 1 heterocycles. The van der Waals surface area contributed by atoms with E-state index >= 15 is 0 Å². The molecule has 1 atom stereocenters. The smallest absolute Gasteiger partial charge is 0.105 e. The van der Waals surface area contributed by atoms with Gasteiger partial charge < -0.3 is 10.8 Å². The Morgan fingerprint density at radius 3 is 3.00 bits per heavy atom. The first-order valence-corrected chi connectivity index (χ1v) is 4.88. The summed E-state index contributed by atoms with van der Waals surface area (Å²) in [5.74, 6) is 0.836. The van der Waals surface area contributed by atoms with Gasteiger partial charge in [0.1, 0.15) is 5.84 Å². The van der Waals surface area contributed by atoms with Crippen LogP contribution in [0.3, 0.4) is 0 Å². The average Bonchev–Trinajstić information content (AvgIpc) is 2.04. The van der Waals surface area contributed by atoms with Crippen LogP contribution < -0.4 is 5.73 Å². The summed E-state index contributed by atoms with van der Waals surface area (Å²) in [4.78, 5) is 2.20. The summed E-state index contributed by atoms with van der Waals surface area (Å²) < 4.78 is 0. The summed E-state index contributed by atoms with van der Waals surface area (Å²) in [5.41, 5.74) is 5.33. The minimum absolute atomic E-state index is 0.240. The molecule has 0 aromatic heterocycles. The predicted molar refractivity (Wildman–Crippen MR) is 52.8 cm³/mol. The number of hydrogen-bond acceptors (Lipinski definition) is 3. The highest BCUT2D eigenvalue weighted by molar-refractivity contribution is 5.78. The normalized spacial score (nSPS) is 24.5. The van der Waals surface area contributed by atoms with E-state index in [0.29, 0.717) is 12.5 Å². The van der Waals surface area contributed by atoms with Gasteiger partial charge in [0.15, 0.2) is 0 Å². The molecule has 4 nitrogen and oxygen atoms in total. The zero-order chi connectivity index (χ0) is 9.68. The second-order valence-corrected chi connectivity index (χ2v) is 3.78. The topological polar surface area (TPSA) is 73.3 Å². The fourth-order valence-electron chi connectivity index (χ4n) is 1.95. The van der Waals surface area contributed by atoms with Crippen molar-refractivity contribution in [3.8, 4) is 0 Å². The van der Waals surface area contributed by atoms with Crippen LogP contribution in [-0.2, 0) is 0 Å². The number of aliphatic hydroxyl groups is 1. The van der Waals surface area contributed by atoms with Gasteiger partial charge in [-0.15, -0.1) is 0 Å². The number of nitrogens with zero attached hydrogens (tertiary/aromatic N) is 1. The maximum Gasteiger partial charge on any atom is 0.105 e. The fourth-order valence-corrected chi connectivity index (χ4v) is 1.95. The molecule has 1 saturated heterocycles. The first-order chi connectivity index (χ1) is 6.22. The van der Waals surface area contributed by atoms with Crippen molar-refractivity contribution in [1.82, 2.24) is 4.90 Å². The van der Waals surface area contributed by atoms with Gasteiger partial charge in [-0.1, -0.05) is 0 Å². The van der Waals surface area contributed by atoms with Gasteiger partial charge in [0.2, 0.25) is 0 Å². The monoisotopic (exact) mass is 185 g/mol. The second-order valence-electron chi connectivity index (χ2n) is 3.78. The lowest BCUT2D eigenvalue weighted by atomic mass is 9.95. The molecule has 4 heteroatoms. The Kier molecular flexibility index (Phi) is 4.18. The summed E-state index contributed by atoms with van der Waals surface area (Å²) in [7, 11) is 0. The summed E-state index contributed by atoms with van der Waals surface area (Å²) >= 11 is 0. The van der Waals surface area contributed by atoms with Crippen LogP contribution in [0.5, 0.6) is 0 Å². The van der Waals surface area contributed by atoms with E-state index < -0.39 is 0 Å². The minimum atomic E-state index is 0.240. The third-order valence-corrected chi connectivity index (χ3v) is 2.53. The van der Waals surface area contributed by atoms with Crippen molar-refractivity contribution in [3.05, 3.63) is 0 Å². The predicted octanol–water partition coefficient (Wildman–Crippen LogP) is 0.0168. The molecule has 0 amide bonds. The zero-order valence-corrected chi connectivity index (χ0v) is 8.00. The number of nitrogens with one attached hydrogen (secondary N) is 1. The number of likely N-dealkylation sites (tertiary alicyclic amines) is 1. The molecule has 0 bridgehead atoms. The minimum Gasteiger partial charge on any atom is -0.396 e. The molecule has 0 radical (unpaired) electrons. The third kappa shape index (κ3) is 3.74. The number of aliphatic hydroxyl groups excluding tert-OH is 1. The van der Waals surface area contributed by atoms with Crippen LogP contribution in [0.2, 0.25) is 0 Å². The van der Waals surface area contributed by atoms with Crippen LogP contribution in [0, 0.1) is 11.3 Å². The fraction of sp³-hybridized carbons (Fsp3) is 0.889. The second kappa shape index (κ2) is 5.19. The van der Waals surface area contributed by atoms with Crippen LogP contribution in [0.4, 0.5) is 0 Å². The van der Waals surface area contributed by atoms with Crippen molar-refractivity contribution in [2.24, 2.45) is 11.7 Å². The standard InChI is InChI=1S/C9H19N3O/c10-9(11)7-12-4-1-2-8(6-12)3-5-13/h8,13H,1-7H2,(H3,10,11). The zero-order valence-electron chi connectivity index (χ0n) is 8.00. The lowest BCUT2D eigenvalue weighted by Crippen LogP contribution is -2.40. The Hall–Kier alpha value is -0.610. The molecule has 1 fully saturated rings. The van der Waals surface area contributed by atoms with Crippen molar-refractivity contribution in [3.63, 3.8) is 0 Å². The molecule has 1 aliphatic heterocycles. The molecule has 1 unspecified atom stereocenters. The van der Waals surface area contributed by atoms with Gasteiger partial charge in [-0.25, -0.2) is 0 Å². The van der Waals surface area contributed by atoms with Crippen LogP contribution in [-0.4, -0.2) is 42.1 Å². The number of hydrogen-bond donors (Lipinski definition) is 3. The molecule has 0 aromatic rings. The van der Waals surface area contributed by atoms with Gasteiger partial charge >= 0.3 is 0 Å². The number of rotatable bonds is 4. The average molecular weight is 185 g/mol. The van der Waals surface area contributed by atoms with Crippen molar-refractivity contribution in [1.29, 1.82) is 5.41 Å². The van der Waals surface area contributed by atoms with Crippen LogP contribution in [0.25, 0.3) is 0 Å². The molecule has 0 spiro atoms. The molecule has 0 aliphatic carbocycles. The Morgan fingerprint density at radius 2 is 2.38 bits per heavy atom.